The fourth-order valence-electron chi connectivity index (χ4n) is 2.92. The summed E-state index contributed by atoms with van der Waals surface area (Å²) in [5, 5.41) is 11.8. The number of carbonyl (C=O) groups is 1. The number of methoxy groups -OCH3 is 1. The maximum atomic E-state index is 11.7. The number of esters is 1. The lowest BCUT2D eigenvalue weighted by Crippen LogP contribution is -2.28. The van der Waals surface area contributed by atoms with Gasteiger partial charge >= 0.3 is 11.7 Å². The third-order valence-electron chi connectivity index (χ3n) is 4.23. The topological polar surface area (TPSA) is 98.5 Å². The number of aromatic nitrogens is 2. The molecule has 0 unspecified atom stereocenters. The highest BCUT2D eigenvalue weighted by Crippen LogP contribution is 2.35. The summed E-state index contributed by atoms with van der Waals surface area (Å²) >= 11 is 0.985. The molecule has 8 nitrogen and oxygen atoms in total. The first kappa shape index (κ1) is 18.1. The van der Waals surface area contributed by atoms with Gasteiger partial charge in [0, 0.05) is 13.1 Å². The smallest absolute Gasteiger partial charge is 0.343 e. The van der Waals surface area contributed by atoms with Gasteiger partial charge in [-0.2, -0.15) is 0 Å². The number of fused-ring (bicyclic) bond motifs is 1. The van der Waals surface area contributed by atoms with Gasteiger partial charge in [-0.05, 0) is 24.0 Å². The van der Waals surface area contributed by atoms with Crippen LogP contribution in [0.3, 0.4) is 0 Å². The van der Waals surface area contributed by atoms with E-state index in [1.807, 2.05) is 17.0 Å². The Morgan fingerprint density at radius 3 is 2.50 bits per heavy atom. The van der Waals surface area contributed by atoms with E-state index in [9.17, 15) is 14.9 Å². The summed E-state index contributed by atoms with van der Waals surface area (Å²) in [4.78, 5) is 32.6. The van der Waals surface area contributed by atoms with E-state index < -0.39 is 10.9 Å². The zero-order chi connectivity index (χ0) is 18.5. The molecule has 0 spiro atoms. The lowest BCUT2D eigenvalue weighted by atomic mass is 10.0. The lowest BCUT2D eigenvalue weighted by Gasteiger charge is -2.21. The van der Waals surface area contributed by atoms with E-state index in [-0.39, 0.29) is 16.5 Å². The predicted molar refractivity (Wildman–Crippen MR) is 97.5 cm³/mol. The van der Waals surface area contributed by atoms with E-state index in [0.29, 0.717) is 18.9 Å². The van der Waals surface area contributed by atoms with Crippen molar-refractivity contribution in [1.82, 2.24) is 9.97 Å². The van der Waals surface area contributed by atoms with Gasteiger partial charge in [0.1, 0.15) is 6.33 Å². The molecule has 0 fully saturated rings. The quantitative estimate of drug-likeness (QED) is 0.258. The molecular formula is C17H18N4O4S. The zero-order valence-electron chi connectivity index (χ0n) is 14.3. The standard InChI is InChI=1S/C17H18N4O4S/c1-25-14(22)10-26-17-15(21(23)24)16(18-11-19-17)20-8-6-12-4-2-3-5-13(12)7-9-20/h2-5,11H,6-10H2,1H3. The summed E-state index contributed by atoms with van der Waals surface area (Å²) in [7, 11) is 1.28. The molecule has 1 aromatic carbocycles. The summed E-state index contributed by atoms with van der Waals surface area (Å²) in [6.45, 7) is 1.27. The van der Waals surface area contributed by atoms with Crippen molar-refractivity contribution in [2.75, 3.05) is 30.9 Å². The van der Waals surface area contributed by atoms with Crippen LogP contribution in [0.5, 0.6) is 0 Å². The first-order valence-electron chi connectivity index (χ1n) is 8.11. The molecule has 1 aliphatic rings. The van der Waals surface area contributed by atoms with Crippen LogP contribution < -0.4 is 4.90 Å². The third kappa shape index (κ3) is 3.93. The number of nitro groups is 1. The van der Waals surface area contributed by atoms with Gasteiger partial charge in [0.05, 0.1) is 17.8 Å². The van der Waals surface area contributed by atoms with Crippen LogP contribution in [-0.2, 0) is 22.4 Å². The van der Waals surface area contributed by atoms with E-state index in [1.54, 1.807) is 0 Å². The Morgan fingerprint density at radius 2 is 1.92 bits per heavy atom. The van der Waals surface area contributed by atoms with Gasteiger partial charge < -0.3 is 9.64 Å². The van der Waals surface area contributed by atoms with Gasteiger partial charge in [-0.25, -0.2) is 9.97 Å². The molecule has 1 aromatic heterocycles. The summed E-state index contributed by atoms with van der Waals surface area (Å²) in [6, 6.07) is 8.18. The van der Waals surface area contributed by atoms with Gasteiger partial charge in [-0.1, -0.05) is 36.0 Å². The van der Waals surface area contributed by atoms with Gasteiger partial charge in [-0.3, -0.25) is 14.9 Å². The Kier molecular flexibility index (Phi) is 5.67. The first-order chi connectivity index (χ1) is 12.6. The van der Waals surface area contributed by atoms with Crippen LogP contribution in [0.25, 0.3) is 0 Å². The Balaban J connectivity index is 1.87. The second kappa shape index (κ2) is 8.13. The third-order valence-corrected chi connectivity index (χ3v) is 5.18. The second-order valence-electron chi connectivity index (χ2n) is 5.73. The molecule has 0 N–H and O–H groups in total. The molecule has 0 saturated heterocycles. The molecule has 26 heavy (non-hydrogen) atoms. The molecule has 9 heteroatoms. The maximum absolute atomic E-state index is 11.7. The van der Waals surface area contributed by atoms with E-state index in [4.69, 9.17) is 0 Å². The molecule has 0 amide bonds. The van der Waals surface area contributed by atoms with Crippen molar-refractivity contribution < 1.29 is 14.5 Å². The number of hydrogen-bond acceptors (Lipinski definition) is 8. The van der Waals surface area contributed by atoms with Gasteiger partial charge in [-0.15, -0.1) is 0 Å². The Hall–Kier alpha value is -2.68. The molecule has 136 valence electrons. The highest BCUT2D eigenvalue weighted by atomic mass is 32.2. The summed E-state index contributed by atoms with van der Waals surface area (Å²) < 4.78 is 4.59. The van der Waals surface area contributed by atoms with Crippen molar-refractivity contribution in [2.45, 2.75) is 17.9 Å². The van der Waals surface area contributed by atoms with Crippen molar-refractivity contribution >= 4 is 29.2 Å². The van der Waals surface area contributed by atoms with Crippen molar-refractivity contribution in [3.63, 3.8) is 0 Å². The van der Waals surface area contributed by atoms with Gasteiger partial charge in [0.15, 0.2) is 5.03 Å². The molecule has 0 atom stereocenters. The molecule has 3 rings (SSSR count). The SMILES string of the molecule is COC(=O)CSc1ncnc(N2CCc3ccccc3CC2)c1[N+](=O)[O-]. The summed E-state index contributed by atoms with van der Waals surface area (Å²) in [5.41, 5.74) is 2.35. The van der Waals surface area contributed by atoms with Crippen LogP contribution in [0, 0.1) is 10.1 Å². The average molecular weight is 374 g/mol. The number of carbonyl (C=O) groups excluding carboxylic acids is 1. The normalized spacial score (nSPS) is 13.7. The maximum Gasteiger partial charge on any atom is 0.343 e. The van der Waals surface area contributed by atoms with Crippen molar-refractivity contribution in [3.05, 3.63) is 51.8 Å². The van der Waals surface area contributed by atoms with Crippen LogP contribution in [0.15, 0.2) is 35.6 Å². The molecule has 0 aliphatic carbocycles. The number of rotatable bonds is 5. The van der Waals surface area contributed by atoms with Crippen LogP contribution >= 0.6 is 11.8 Å². The minimum atomic E-state index is -0.479. The molecule has 0 bridgehead atoms. The number of ether oxygens (including phenoxy) is 1. The lowest BCUT2D eigenvalue weighted by molar-refractivity contribution is -0.387. The molecule has 2 aromatic rings. The monoisotopic (exact) mass is 374 g/mol. The number of thioether (sulfide) groups is 1. The van der Waals surface area contributed by atoms with Crippen LogP contribution in [0.4, 0.5) is 11.5 Å². The summed E-state index contributed by atoms with van der Waals surface area (Å²) in [5.74, 6) is -0.209. The molecule has 0 saturated carbocycles. The largest absolute Gasteiger partial charge is 0.468 e. The molecule has 0 radical (unpaired) electrons. The van der Waals surface area contributed by atoms with E-state index in [2.05, 4.69) is 26.8 Å². The van der Waals surface area contributed by atoms with E-state index in [0.717, 1.165) is 24.6 Å². The number of hydrogen-bond donors (Lipinski definition) is 0. The average Bonchev–Trinajstić information content (AvgIpc) is 2.88. The number of nitrogens with zero attached hydrogens (tertiary/aromatic N) is 4. The Morgan fingerprint density at radius 1 is 1.27 bits per heavy atom. The van der Waals surface area contributed by atoms with E-state index in [1.165, 1.54) is 24.6 Å². The predicted octanol–water partition coefficient (Wildman–Crippen LogP) is 2.26. The molecular weight excluding hydrogens is 356 g/mol. The van der Waals surface area contributed by atoms with Gasteiger partial charge in [0.25, 0.3) is 0 Å². The van der Waals surface area contributed by atoms with Gasteiger partial charge in [0.2, 0.25) is 5.82 Å². The Bertz CT molecular complexity index is 803. The highest BCUT2D eigenvalue weighted by Gasteiger charge is 2.28. The van der Waals surface area contributed by atoms with Crippen LogP contribution in [0.1, 0.15) is 11.1 Å². The van der Waals surface area contributed by atoms with E-state index >= 15 is 0 Å². The minimum absolute atomic E-state index is 0.0424. The molecule has 2 heterocycles. The molecule has 1 aliphatic heterocycles. The zero-order valence-corrected chi connectivity index (χ0v) is 15.1. The van der Waals surface area contributed by atoms with Crippen molar-refractivity contribution in [1.29, 1.82) is 0 Å². The highest BCUT2D eigenvalue weighted by molar-refractivity contribution is 8.00. The minimum Gasteiger partial charge on any atom is -0.468 e. The Labute approximate surface area is 154 Å². The second-order valence-corrected chi connectivity index (χ2v) is 6.69. The van der Waals surface area contributed by atoms with Crippen molar-refractivity contribution in [3.8, 4) is 0 Å². The van der Waals surface area contributed by atoms with Crippen molar-refractivity contribution in [2.24, 2.45) is 0 Å². The first-order valence-corrected chi connectivity index (χ1v) is 9.09. The van der Waals surface area contributed by atoms with Crippen LogP contribution in [0.2, 0.25) is 0 Å². The number of anilines is 1. The van der Waals surface area contributed by atoms with Crippen LogP contribution in [-0.4, -0.2) is 46.8 Å². The fourth-order valence-corrected chi connectivity index (χ4v) is 3.71. The fraction of sp³-hybridized carbons (Fsp3) is 0.353. The number of benzene rings is 1. The summed E-state index contributed by atoms with van der Waals surface area (Å²) in [6.07, 6.45) is 2.89.